The molecule has 0 radical (unpaired) electrons. The van der Waals surface area contributed by atoms with Gasteiger partial charge in [-0.05, 0) is 37.5 Å². The average molecular weight is 287 g/mol. The molecule has 0 saturated carbocycles. The van der Waals surface area contributed by atoms with Crippen molar-refractivity contribution in [3.63, 3.8) is 0 Å². The first kappa shape index (κ1) is 15.6. The molecule has 0 unspecified atom stereocenters. The lowest BCUT2D eigenvalue weighted by Gasteiger charge is -2.12. The Balaban J connectivity index is 2.07. The van der Waals surface area contributed by atoms with Gasteiger partial charge in [-0.15, -0.1) is 0 Å². The molecule has 0 aliphatic rings. The Morgan fingerprint density at radius 2 is 2.05 bits per heavy atom. The average Bonchev–Trinajstić information content (AvgIpc) is 2.94. The Morgan fingerprint density at radius 1 is 1.24 bits per heavy atom. The van der Waals surface area contributed by atoms with Crippen LogP contribution in [0.5, 0.6) is 0 Å². The van der Waals surface area contributed by atoms with E-state index < -0.39 is 0 Å². The molecule has 0 saturated heterocycles. The van der Waals surface area contributed by atoms with E-state index in [2.05, 4.69) is 59.3 Å². The zero-order valence-electron chi connectivity index (χ0n) is 13.2. The standard InChI is InChI=1S/C17H25N3O/c1-4-15-12-16(20(5-2)19-15)13-18-17-9-7-6-8-14(17)10-11-21-3/h6-9,12,18H,4-5,10-11,13H2,1-3H3. The molecule has 0 fully saturated rings. The highest BCUT2D eigenvalue weighted by Gasteiger charge is 2.07. The summed E-state index contributed by atoms with van der Waals surface area (Å²) in [5.74, 6) is 0. The largest absolute Gasteiger partial charge is 0.384 e. The third kappa shape index (κ3) is 4.08. The van der Waals surface area contributed by atoms with Crippen LogP contribution in [-0.4, -0.2) is 23.5 Å². The van der Waals surface area contributed by atoms with Crippen LogP contribution in [0.25, 0.3) is 0 Å². The van der Waals surface area contributed by atoms with Crippen LogP contribution in [0.15, 0.2) is 30.3 Å². The maximum atomic E-state index is 5.18. The van der Waals surface area contributed by atoms with Gasteiger partial charge in [-0.3, -0.25) is 4.68 Å². The number of anilines is 1. The summed E-state index contributed by atoms with van der Waals surface area (Å²) < 4.78 is 7.25. The van der Waals surface area contributed by atoms with Crippen LogP contribution < -0.4 is 5.32 Å². The van der Waals surface area contributed by atoms with Crippen LogP contribution in [0, 0.1) is 0 Å². The molecular formula is C17H25N3O. The normalized spacial score (nSPS) is 10.8. The lowest BCUT2D eigenvalue weighted by molar-refractivity contribution is 0.202. The number of nitrogens with one attached hydrogen (secondary N) is 1. The number of aryl methyl sites for hydroxylation is 2. The van der Waals surface area contributed by atoms with Crippen molar-refractivity contribution in [2.24, 2.45) is 0 Å². The van der Waals surface area contributed by atoms with Gasteiger partial charge >= 0.3 is 0 Å². The van der Waals surface area contributed by atoms with E-state index in [4.69, 9.17) is 4.74 Å². The first-order valence-corrected chi connectivity index (χ1v) is 7.64. The minimum atomic E-state index is 0.742. The maximum Gasteiger partial charge on any atom is 0.0625 e. The molecule has 0 atom stereocenters. The van der Waals surface area contributed by atoms with Crippen LogP contribution in [-0.2, 0) is 30.7 Å². The molecule has 4 nitrogen and oxygen atoms in total. The number of ether oxygens (including phenoxy) is 1. The fraction of sp³-hybridized carbons (Fsp3) is 0.471. The number of rotatable bonds is 8. The Bertz CT molecular complexity index is 563. The Labute approximate surface area is 127 Å². The van der Waals surface area contributed by atoms with Crippen molar-refractivity contribution in [1.82, 2.24) is 9.78 Å². The van der Waals surface area contributed by atoms with Crippen molar-refractivity contribution in [1.29, 1.82) is 0 Å². The van der Waals surface area contributed by atoms with E-state index in [1.165, 1.54) is 16.9 Å². The second kappa shape index (κ2) is 7.84. The number of aromatic nitrogens is 2. The van der Waals surface area contributed by atoms with Gasteiger partial charge in [-0.1, -0.05) is 25.1 Å². The van der Waals surface area contributed by atoms with E-state index in [1.54, 1.807) is 7.11 Å². The zero-order chi connectivity index (χ0) is 15.1. The summed E-state index contributed by atoms with van der Waals surface area (Å²) in [7, 11) is 1.74. The highest BCUT2D eigenvalue weighted by Crippen LogP contribution is 2.17. The SMILES string of the molecule is CCc1cc(CNc2ccccc2CCOC)n(CC)n1. The summed E-state index contributed by atoms with van der Waals surface area (Å²) >= 11 is 0. The van der Waals surface area contributed by atoms with Gasteiger partial charge in [-0.2, -0.15) is 5.10 Å². The number of hydrogen-bond acceptors (Lipinski definition) is 3. The van der Waals surface area contributed by atoms with E-state index in [9.17, 15) is 0 Å². The van der Waals surface area contributed by atoms with Crippen LogP contribution in [0.2, 0.25) is 0 Å². The molecule has 1 N–H and O–H groups in total. The first-order valence-electron chi connectivity index (χ1n) is 7.64. The Kier molecular flexibility index (Phi) is 5.81. The molecule has 0 bridgehead atoms. The van der Waals surface area contributed by atoms with Crippen LogP contribution in [0.3, 0.4) is 0 Å². The predicted octanol–water partition coefficient (Wildman–Crippen LogP) is 3.27. The zero-order valence-corrected chi connectivity index (χ0v) is 13.2. The molecule has 2 aromatic rings. The van der Waals surface area contributed by atoms with Gasteiger partial charge in [0.15, 0.2) is 0 Å². The van der Waals surface area contributed by atoms with E-state index >= 15 is 0 Å². The van der Waals surface area contributed by atoms with Gasteiger partial charge in [0.25, 0.3) is 0 Å². The number of nitrogens with zero attached hydrogens (tertiary/aromatic N) is 2. The highest BCUT2D eigenvalue weighted by atomic mass is 16.5. The van der Waals surface area contributed by atoms with Crippen LogP contribution >= 0.6 is 0 Å². The van der Waals surface area contributed by atoms with E-state index in [-0.39, 0.29) is 0 Å². The molecule has 21 heavy (non-hydrogen) atoms. The minimum Gasteiger partial charge on any atom is -0.384 e. The van der Waals surface area contributed by atoms with Crippen molar-refractivity contribution in [3.05, 3.63) is 47.3 Å². The van der Waals surface area contributed by atoms with Crippen molar-refractivity contribution < 1.29 is 4.74 Å². The summed E-state index contributed by atoms with van der Waals surface area (Å²) in [4.78, 5) is 0. The summed E-state index contributed by atoms with van der Waals surface area (Å²) in [6.45, 7) is 6.71. The van der Waals surface area contributed by atoms with Crippen LogP contribution in [0.1, 0.15) is 30.8 Å². The van der Waals surface area contributed by atoms with Gasteiger partial charge in [0.2, 0.25) is 0 Å². The molecule has 1 heterocycles. The van der Waals surface area contributed by atoms with Crippen molar-refractivity contribution in [3.8, 4) is 0 Å². The molecule has 0 amide bonds. The molecular weight excluding hydrogens is 262 g/mol. The predicted molar refractivity (Wildman–Crippen MR) is 86.6 cm³/mol. The second-order valence-electron chi connectivity index (χ2n) is 5.05. The fourth-order valence-electron chi connectivity index (χ4n) is 2.41. The van der Waals surface area contributed by atoms with E-state index in [0.717, 1.165) is 38.2 Å². The smallest absolute Gasteiger partial charge is 0.0625 e. The van der Waals surface area contributed by atoms with Gasteiger partial charge in [0, 0.05) is 19.3 Å². The first-order chi connectivity index (χ1) is 10.3. The summed E-state index contributed by atoms with van der Waals surface area (Å²) in [6.07, 6.45) is 1.90. The summed E-state index contributed by atoms with van der Waals surface area (Å²) in [6, 6.07) is 10.6. The molecule has 2 rings (SSSR count). The molecule has 0 spiro atoms. The lowest BCUT2D eigenvalue weighted by Crippen LogP contribution is -2.09. The van der Waals surface area contributed by atoms with Gasteiger partial charge < -0.3 is 10.1 Å². The lowest BCUT2D eigenvalue weighted by atomic mass is 10.1. The number of para-hydroxylation sites is 1. The fourth-order valence-corrected chi connectivity index (χ4v) is 2.41. The molecule has 114 valence electrons. The van der Waals surface area contributed by atoms with E-state index in [1.807, 2.05) is 0 Å². The maximum absolute atomic E-state index is 5.18. The topological polar surface area (TPSA) is 39.1 Å². The second-order valence-corrected chi connectivity index (χ2v) is 5.05. The monoisotopic (exact) mass is 287 g/mol. The van der Waals surface area contributed by atoms with Gasteiger partial charge in [-0.25, -0.2) is 0 Å². The molecule has 4 heteroatoms. The molecule has 1 aromatic carbocycles. The van der Waals surface area contributed by atoms with Crippen LogP contribution in [0.4, 0.5) is 5.69 Å². The Hall–Kier alpha value is -1.81. The molecule has 1 aromatic heterocycles. The number of benzene rings is 1. The highest BCUT2D eigenvalue weighted by molar-refractivity contribution is 5.51. The number of methoxy groups -OCH3 is 1. The van der Waals surface area contributed by atoms with Gasteiger partial charge in [0.05, 0.1) is 24.5 Å². The third-order valence-corrected chi connectivity index (χ3v) is 3.63. The summed E-state index contributed by atoms with van der Waals surface area (Å²) in [5, 5.41) is 8.12. The van der Waals surface area contributed by atoms with E-state index in [0.29, 0.717) is 0 Å². The minimum absolute atomic E-state index is 0.742. The molecule has 0 aliphatic carbocycles. The quantitative estimate of drug-likeness (QED) is 0.810. The Morgan fingerprint density at radius 3 is 2.76 bits per heavy atom. The van der Waals surface area contributed by atoms with Crippen molar-refractivity contribution in [2.45, 2.75) is 39.8 Å². The number of hydrogen-bond donors (Lipinski definition) is 1. The van der Waals surface area contributed by atoms with Crippen molar-refractivity contribution >= 4 is 5.69 Å². The molecule has 0 aliphatic heterocycles. The van der Waals surface area contributed by atoms with Crippen molar-refractivity contribution in [2.75, 3.05) is 19.0 Å². The van der Waals surface area contributed by atoms with Gasteiger partial charge in [0.1, 0.15) is 0 Å². The summed E-state index contributed by atoms with van der Waals surface area (Å²) in [5.41, 5.74) is 4.85. The third-order valence-electron chi connectivity index (χ3n) is 3.63.